The molecule has 0 aliphatic carbocycles. The van der Waals surface area contributed by atoms with E-state index in [-0.39, 0.29) is 31.1 Å². The first-order chi connectivity index (χ1) is 30.7. The van der Waals surface area contributed by atoms with Gasteiger partial charge in [0.15, 0.2) is 6.10 Å². The number of carbonyl (C=O) groups is 3. The minimum atomic E-state index is -0.764. The lowest BCUT2D eigenvalue weighted by atomic mass is 9.99. The molecule has 0 rings (SSSR count). The van der Waals surface area contributed by atoms with Gasteiger partial charge in [0.1, 0.15) is 13.2 Å². The van der Waals surface area contributed by atoms with E-state index in [1.165, 1.54) is 193 Å². The van der Waals surface area contributed by atoms with E-state index in [1.54, 1.807) is 0 Å². The van der Waals surface area contributed by atoms with Crippen LogP contribution in [0.1, 0.15) is 311 Å². The minimum Gasteiger partial charge on any atom is -0.462 e. The molecule has 6 nitrogen and oxygen atoms in total. The van der Waals surface area contributed by atoms with Crippen molar-refractivity contribution in [2.24, 2.45) is 17.8 Å². The maximum Gasteiger partial charge on any atom is 0.306 e. The summed E-state index contributed by atoms with van der Waals surface area (Å²) >= 11 is 0. The van der Waals surface area contributed by atoms with Crippen molar-refractivity contribution in [3.8, 4) is 0 Å². The molecule has 0 N–H and O–H groups in total. The van der Waals surface area contributed by atoms with Crippen molar-refractivity contribution in [2.45, 2.75) is 317 Å². The zero-order valence-corrected chi connectivity index (χ0v) is 43.4. The Kier molecular flexibility index (Phi) is 47.1. The van der Waals surface area contributed by atoms with Crippen LogP contribution in [0.25, 0.3) is 0 Å². The highest BCUT2D eigenvalue weighted by atomic mass is 16.6. The number of esters is 3. The van der Waals surface area contributed by atoms with Gasteiger partial charge in [-0.2, -0.15) is 0 Å². The van der Waals surface area contributed by atoms with Gasteiger partial charge >= 0.3 is 17.9 Å². The van der Waals surface area contributed by atoms with Crippen LogP contribution in [-0.4, -0.2) is 37.2 Å². The molecule has 0 amide bonds. The minimum absolute atomic E-state index is 0.0642. The molecule has 0 spiro atoms. The van der Waals surface area contributed by atoms with Gasteiger partial charge in [-0.15, -0.1) is 0 Å². The summed E-state index contributed by atoms with van der Waals surface area (Å²) in [4.78, 5) is 38.1. The van der Waals surface area contributed by atoms with Gasteiger partial charge in [0.05, 0.1) is 0 Å². The van der Waals surface area contributed by atoms with Crippen molar-refractivity contribution in [1.82, 2.24) is 0 Å². The first-order valence-electron chi connectivity index (χ1n) is 28.2. The Morgan fingerprint density at radius 1 is 0.317 bits per heavy atom. The van der Waals surface area contributed by atoms with Crippen LogP contribution < -0.4 is 0 Å². The van der Waals surface area contributed by atoms with Crippen LogP contribution in [0, 0.1) is 17.8 Å². The number of carbonyl (C=O) groups excluding carboxylic acids is 3. The van der Waals surface area contributed by atoms with E-state index >= 15 is 0 Å². The molecule has 0 fully saturated rings. The van der Waals surface area contributed by atoms with Gasteiger partial charge in [0.2, 0.25) is 0 Å². The summed E-state index contributed by atoms with van der Waals surface area (Å²) in [6.45, 7) is 13.8. The summed E-state index contributed by atoms with van der Waals surface area (Å²) in [5.41, 5.74) is 0. The monoisotopic (exact) mass is 891 g/mol. The lowest BCUT2D eigenvalue weighted by molar-refractivity contribution is -0.167. The zero-order valence-electron chi connectivity index (χ0n) is 43.4. The SMILES string of the molecule is CCC(C)CCCCCCCCCCCCCCCCC(=O)OC[C@H](COC(=O)CCCCCCCCCCCCCCC(C)C)OC(=O)CCCCCCCCCCC(C)CC. The Bertz CT molecular complexity index is 980. The predicted octanol–water partition coefficient (Wildman–Crippen LogP) is 18.3. The van der Waals surface area contributed by atoms with Crippen LogP contribution in [0.2, 0.25) is 0 Å². The molecule has 0 saturated heterocycles. The standard InChI is InChI=1S/C57H110O6/c1-7-52(5)44-38-32-26-20-16-11-9-10-12-17-21-28-34-40-46-55(58)61-49-54(63-57(60)48-42-36-30-24-23-27-33-39-45-53(6)8-2)50-62-56(59)47-41-35-29-22-18-14-13-15-19-25-31-37-43-51(3)4/h51-54H,7-50H2,1-6H3/t52?,53?,54-/m1/s1. The number of rotatable bonds is 50. The van der Waals surface area contributed by atoms with E-state index in [0.717, 1.165) is 75.5 Å². The molecule has 2 unspecified atom stereocenters. The van der Waals surface area contributed by atoms with Crippen molar-refractivity contribution in [1.29, 1.82) is 0 Å². The smallest absolute Gasteiger partial charge is 0.306 e. The Morgan fingerprint density at radius 3 is 0.825 bits per heavy atom. The Labute approximate surface area is 393 Å². The largest absolute Gasteiger partial charge is 0.462 e. The molecular formula is C57H110O6. The van der Waals surface area contributed by atoms with E-state index in [1.807, 2.05) is 0 Å². The van der Waals surface area contributed by atoms with Gasteiger partial charge in [0.25, 0.3) is 0 Å². The van der Waals surface area contributed by atoms with Crippen LogP contribution in [-0.2, 0) is 28.6 Å². The topological polar surface area (TPSA) is 78.9 Å². The van der Waals surface area contributed by atoms with Crippen LogP contribution in [0.3, 0.4) is 0 Å². The first kappa shape index (κ1) is 61.4. The van der Waals surface area contributed by atoms with Crippen molar-refractivity contribution >= 4 is 17.9 Å². The highest BCUT2D eigenvalue weighted by Crippen LogP contribution is 2.19. The van der Waals surface area contributed by atoms with Gasteiger partial charge in [-0.3, -0.25) is 14.4 Å². The Morgan fingerprint density at radius 2 is 0.556 bits per heavy atom. The molecule has 6 heteroatoms. The van der Waals surface area contributed by atoms with Crippen molar-refractivity contribution in [2.75, 3.05) is 13.2 Å². The summed E-state index contributed by atoms with van der Waals surface area (Å²) < 4.78 is 16.9. The van der Waals surface area contributed by atoms with E-state index in [0.29, 0.717) is 19.3 Å². The lowest BCUT2D eigenvalue weighted by Crippen LogP contribution is -2.30. The van der Waals surface area contributed by atoms with Crippen LogP contribution in [0.15, 0.2) is 0 Å². The average molecular weight is 892 g/mol. The van der Waals surface area contributed by atoms with Gasteiger partial charge in [0, 0.05) is 19.3 Å². The fourth-order valence-electron chi connectivity index (χ4n) is 8.58. The molecule has 0 radical (unpaired) electrons. The molecule has 0 aliphatic rings. The third kappa shape index (κ3) is 48.2. The highest BCUT2D eigenvalue weighted by molar-refractivity contribution is 5.71. The number of ether oxygens (including phenoxy) is 3. The molecule has 0 saturated carbocycles. The van der Waals surface area contributed by atoms with Crippen LogP contribution in [0.4, 0.5) is 0 Å². The zero-order chi connectivity index (χ0) is 46.3. The fourth-order valence-corrected chi connectivity index (χ4v) is 8.58. The molecule has 63 heavy (non-hydrogen) atoms. The highest BCUT2D eigenvalue weighted by Gasteiger charge is 2.19. The second kappa shape index (κ2) is 48.3. The number of hydrogen-bond donors (Lipinski definition) is 0. The molecule has 374 valence electrons. The maximum absolute atomic E-state index is 12.8. The second-order valence-corrected chi connectivity index (χ2v) is 20.5. The van der Waals surface area contributed by atoms with E-state index in [4.69, 9.17) is 14.2 Å². The maximum atomic E-state index is 12.8. The first-order valence-corrected chi connectivity index (χ1v) is 28.2. The third-order valence-corrected chi connectivity index (χ3v) is 13.6. The summed E-state index contributed by atoms with van der Waals surface area (Å²) in [6.07, 6.45) is 49.4. The lowest BCUT2D eigenvalue weighted by Gasteiger charge is -2.18. The quantitative estimate of drug-likeness (QED) is 0.0344. The average Bonchev–Trinajstić information content (AvgIpc) is 3.27. The predicted molar refractivity (Wildman–Crippen MR) is 270 cm³/mol. The summed E-state index contributed by atoms with van der Waals surface area (Å²) in [5, 5.41) is 0. The molecule has 0 aliphatic heterocycles. The number of unbranched alkanes of at least 4 members (excludes halogenated alkanes) is 31. The van der Waals surface area contributed by atoms with Crippen molar-refractivity contribution in [3.05, 3.63) is 0 Å². The van der Waals surface area contributed by atoms with Crippen molar-refractivity contribution < 1.29 is 28.6 Å². The van der Waals surface area contributed by atoms with E-state index in [9.17, 15) is 14.4 Å². The number of hydrogen-bond acceptors (Lipinski definition) is 6. The summed E-state index contributed by atoms with van der Waals surface area (Å²) in [7, 11) is 0. The van der Waals surface area contributed by atoms with Crippen LogP contribution >= 0.6 is 0 Å². The van der Waals surface area contributed by atoms with Gasteiger partial charge < -0.3 is 14.2 Å². The molecule has 0 aromatic heterocycles. The summed E-state index contributed by atoms with van der Waals surface area (Å²) in [6, 6.07) is 0. The molecular weight excluding hydrogens is 781 g/mol. The Balaban J connectivity index is 4.29. The molecule has 0 aromatic rings. The third-order valence-electron chi connectivity index (χ3n) is 13.6. The van der Waals surface area contributed by atoms with Crippen molar-refractivity contribution in [3.63, 3.8) is 0 Å². The van der Waals surface area contributed by atoms with Gasteiger partial charge in [-0.05, 0) is 37.0 Å². The molecule has 0 bridgehead atoms. The fraction of sp³-hybridized carbons (Fsp3) is 0.947. The molecule has 3 atom stereocenters. The summed E-state index contributed by atoms with van der Waals surface area (Å²) in [5.74, 6) is 1.73. The normalized spacial score (nSPS) is 13.0. The second-order valence-electron chi connectivity index (χ2n) is 20.5. The van der Waals surface area contributed by atoms with E-state index < -0.39 is 6.10 Å². The van der Waals surface area contributed by atoms with Crippen LogP contribution in [0.5, 0.6) is 0 Å². The van der Waals surface area contributed by atoms with Gasteiger partial charge in [-0.1, -0.05) is 273 Å². The molecule has 0 aromatic carbocycles. The Hall–Kier alpha value is -1.59. The van der Waals surface area contributed by atoms with E-state index in [2.05, 4.69) is 41.5 Å². The molecule has 0 heterocycles. The van der Waals surface area contributed by atoms with Gasteiger partial charge in [-0.25, -0.2) is 0 Å².